The molecular formula is C27H26N4O2. The first-order chi connectivity index (χ1) is 16.3. The third-order valence-electron chi connectivity index (χ3n) is 6.55. The van der Waals surface area contributed by atoms with Crippen LogP contribution in [0, 0.1) is 0 Å². The first kappa shape index (κ1) is 20.1. The van der Waals surface area contributed by atoms with E-state index in [-0.39, 0.29) is 0 Å². The van der Waals surface area contributed by atoms with Gasteiger partial charge in [-0.25, -0.2) is 9.97 Å². The van der Waals surface area contributed by atoms with Gasteiger partial charge in [0.15, 0.2) is 0 Å². The molecule has 2 aliphatic rings. The fourth-order valence-corrected chi connectivity index (χ4v) is 4.71. The molecule has 3 heterocycles. The maximum atomic E-state index is 5.64. The van der Waals surface area contributed by atoms with Gasteiger partial charge in [-0.1, -0.05) is 24.3 Å². The van der Waals surface area contributed by atoms with Crippen LogP contribution in [-0.4, -0.2) is 30.2 Å². The Balaban J connectivity index is 1.33. The van der Waals surface area contributed by atoms with Crippen LogP contribution in [-0.2, 0) is 30.7 Å². The Morgan fingerprint density at radius 3 is 2.79 bits per heavy atom. The van der Waals surface area contributed by atoms with Gasteiger partial charge in [-0.05, 0) is 77.0 Å². The van der Waals surface area contributed by atoms with Crippen LogP contribution < -0.4 is 15.4 Å². The van der Waals surface area contributed by atoms with E-state index in [0.29, 0.717) is 12.6 Å². The number of aromatic nitrogens is 2. The summed E-state index contributed by atoms with van der Waals surface area (Å²) in [4.78, 5) is 9.35. The van der Waals surface area contributed by atoms with Crippen LogP contribution in [0.4, 0.5) is 11.6 Å². The van der Waals surface area contributed by atoms with Crippen molar-refractivity contribution in [2.75, 3.05) is 25.6 Å². The highest BCUT2D eigenvalue weighted by molar-refractivity contribution is 5.85. The maximum absolute atomic E-state index is 5.64. The highest BCUT2D eigenvalue weighted by Gasteiger charge is 2.15. The van der Waals surface area contributed by atoms with Gasteiger partial charge in [-0.2, -0.15) is 0 Å². The quantitative estimate of drug-likeness (QED) is 0.479. The molecule has 0 aliphatic carbocycles. The van der Waals surface area contributed by atoms with Gasteiger partial charge < -0.3 is 20.1 Å². The number of hydrogen-bond donors (Lipinski definition) is 2. The lowest BCUT2D eigenvalue weighted by atomic mass is 9.96. The van der Waals surface area contributed by atoms with Crippen LogP contribution in [0.2, 0.25) is 0 Å². The molecule has 1 aromatic heterocycles. The summed E-state index contributed by atoms with van der Waals surface area (Å²) in [6, 6.07) is 17.2. The summed E-state index contributed by atoms with van der Waals surface area (Å²) in [5.41, 5.74) is 9.37. The molecule has 0 amide bonds. The van der Waals surface area contributed by atoms with E-state index in [0.717, 1.165) is 60.4 Å². The molecule has 2 N–H and O–H groups in total. The molecule has 6 nitrogen and oxygen atoms in total. The number of methoxy groups -OCH3 is 1. The summed E-state index contributed by atoms with van der Waals surface area (Å²) < 4.78 is 11.3. The van der Waals surface area contributed by atoms with E-state index in [1.165, 1.54) is 27.8 Å². The molecule has 166 valence electrons. The van der Waals surface area contributed by atoms with Crippen molar-refractivity contribution in [1.82, 2.24) is 15.3 Å². The molecule has 0 atom stereocenters. The van der Waals surface area contributed by atoms with Crippen molar-refractivity contribution in [2.24, 2.45) is 0 Å². The normalized spacial score (nSPS) is 15.1. The van der Waals surface area contributed by atoms with Crippen molar-refractivity contribution >= 4 is 22.5 Å². The fourth-order valence-electron chi connectivity index (χ4n) is 4.71. The standard InChI is InChI=1S/C27H26N4O2/c1-32-26-13-20-6-8-28-14-22(20)12-25(26)31-27-29-15-21-5-4-19(11-24(21)30-27)18-3-2-17-7-9-33-16-23(17)10-18/h2-5,10-13,15,28H,6-9,14,16H2,1H3,(H,29,30,31). The molecule has 0 bridgehead atoms. The molecule has 3 aromatic carbocycles. The van der Waals surface area contributed by atoms with E-state index in [9.17, 15) is 0 Å². The molecule has 6 rings (SSSR count). The Hall–Kier alpha value is -3.48. The second-order valence-corrected chi connectivity index (χ2v) is 8.63. The second kappa shape index (κ2) is 8.46. The van der Waals surface area contributed by atoms with Crippen molar-refractivity contribution in [3.63, 3.8) is 0 Å². The second-order valence-electron chi connectivity index (χ2n) is 8.63. The van der Waals surface area contributed by atoms with Gasteiger partial charge in [-0.3, -0.25) is 0 Å². The zero-order chi connectivity index (χ0) is 22.2. The fraction of sp³-hybridized carbons (Fsp3) is 0.259. The third-order valence-corrected chi connectivity index (χ3v) is 6.55. The van der Waals surface area contributed by atoms with Crippen LogP contribution in [0.5, 0.6) is 5.75 Å². The van der Waals surface area contributed by atoms with Gasteiger partial charge in [0.05, 0.1) is 31.5 Å². The summed E-state index contributed by atoms with van der Waals surface area (Å²) in [6.07, 6.45) is 3.86. The lowest BCUT2D eigenvalue weighted by Gasteiger charge is -2.20. The minimum Gasteiger partial charge on any atom is -0.495 e. The number of nitrogens with one attached hydrogen (secondary N) is 2. The number of hydrogen-bond acceptors (Lipinski definition) is 6. The molecule has 33 heavy (non-hydrogen) atoms. The maximum Gasteiger partial charge on any atom is 0.227 e. The molecule has 2 aliphatic heterocycles. The van der Waals surface area contributed by atoms with Crippen molar-refractivity contribution in [3.8, 4) is 16.9 Å². The van der Waals surface area contributed by atoms with Crippen LogP contribution in [0.1, 0.15) is 22.3 Å². The lowest BCUT2D eigenvalue weighted by molar-refractivity contribution is 0.111. The van der Waals surface area contributed by atoms with Crippen molar-refractivity contribution in [1.29, 1.82) is 0 Å². The zero-order valence-corrected chi connectivity index (χ0v) is 18.6. The van der Waals surface area contributed by atoms with Gasteiger partial charge in [-0.15, -0.1) is 0 Å². The Kier molecular flexibility index (Phi) is 5.17. The highest BCUT2D eigenvalue weighted by Crippen LogP contribution is 2.32. The average molecular weight is 439 g/mol. The third kappa shape index (κ3) is 3.92. The SMILES string of the molecule is COc1cc2c(cc1Nc1ncc3ccc(-c4ccc5c(c4)COCC5)cc3n1)CNCC2. The summed E-state index contributed by atoms with van der Waals surface area (Å²) in [6.45, 7) is 3.35. The molecule has 0 radical (unpaired) electrons. The predicted molar refractivity (Wildman–Crippen MR) is 130 cm³/mol. The Morgan fingerprint density at radius 2 is 1.85 bits per heavy atom. The van der Waals surface area contributed by atoms with Crippen molar-refractivity contribution in [2.45, 2.75) is 26.0 Å². The Bertz CT molecular complexity index is 1350. The summed E-state index contributed by atoms with van der Waals surface area (Å²) >= 11 is 0. The lowest BCUT2D eigenvalue weighted by Crippen LogP contribution is -2.23. The van der Waals surface area contributed by atoms with Gasteiger partial charge >= 0.3 is 0 Å². The van der Waals surface area contributed by atoms with Crippen LogP contribution in [0.3, 0.4) is 0 Å². The Labute approximate surface area is 193 Å². The first-order valence-electron chi connectivity index (χ1n) is 11.4. The molecular weight excluding hydrogens is 412 g/mol. The molecule has 4 aromatic rings. The monoisotopic (exact) mass is 438 g/mol. The van der Waals surface area contributed by atoms with E-state index in [2.05, 4.69) is 64.1 Å². The molecule has 0 saturated heterocycles. The van der Waals surface area contributed by atoms with E-state index >= 15 is 0 Å². The first-order valence-corrected chi connectivity index (χ1v) is 11.4. The minimum atomic E-state index is 0.556. The summed E-state index contributed by atoms with van der Waals surface area (Å²) in [5.74, 6) is 1.37. The van der Waals surface area contributed by atoms with Gasteiger partial charge in [0.1, 0.15) is 5.75 Å². The smallest absolute Gasteiger partial charge is 0.227 e. The molecule has 0 unspecified atom stereocenters. The highest BCUT2D eigenvalue weighted by atomic mass is 16.5. The average Bonchev–Trinajstić information content (AvgIpc) is 2.87. The Morgan fingerprint density at radius 1 is 0.939 bits per heavy atom. The van der Waals surface area contributed by atoms with E-state index in [4.69, 9.17) is 14.5 Å². The number of benzene rings is 3. The van der Waals surface area contributed by atoms with Crippen molar-refractivity contribution < 1.29 is 9.47 Å². The summed E-state index contributed by atoms with van der Waals surface area (Å²) in [5, 5.41) is 7.81. The van der Waals surface area contributed by atoms with E-state index in [1.54, 1.807) is 7.11 Å². The van der Waals surface area contributed by atoms with Gasteiger partial charge in [0.25, 0.3) is 0 Å². The number of nitrogens with zero attached hydrogens (tertiary/aromatic N) is 2. The van der Waals surface area contributed by atoms with Crippen LogP contribution >= 0.6 is 0 Å². The van der Waals surface area contributed by atoms with E-state index < -0.39 is 0 Å². The topological polar surface area (TPSA) is 68.3 Å². The molecule has 0 fully saturated rings. The zero-order valence-electron chi connectivity index (χ0n) is 18.6. The molecule has 0 spiro atoms. The minimum absolute atomic E-state index is 0.556. The van der Waals surface area contributed by atoms with Gasteiger partial charge in [0, 0.05) is 18.1 Å². The molecule has 0 saturated carbocycles. The number of ether oxygens (including phenoxy) is 2. The van der Waals surface area contributed by atoms with Crippen LogP contribution in [0.15, 0.2) is 54.7 Å². The summed E-state index contributed by atoms with van der Waals surface area (Å²) in [7, 11) is 1.70. The van der Waals surface area contributed by atoms with Gasteiger partial charge in [0.2, 0.25) is 5.95 Å². The molecule has 6 heteroatoms. The van der Waals surface area contributed by atoms with E-state index in [1.807, 2.05) is 6.20 Å². The number of fused-ring (bicyclic) bond motifs is 3. The predicted octanol–water partition coefficient (Wildman–Crippen LogP) is 4.77. The largest absolute Gasteiger partial charge is 0.495 e. The van der Waals surface area contributed by atoms with Crippen molar-refractivity contribution in [3.05, 3.63) is 77.0 Å². The number of anilines is 2. The number of rotatable bonds is 4. The van der Waals surface area contributed by atoms with Crippen LogP contribution in [0.25, 0.3) is 22.0 Å².